The first-order valence-corrected chi connectivity index (χ1v) is 14.2. The molecule has 0 aliphatic carbocycles. The van der Waals surface area contributed by atoms with Gasteiger partial charge in [-0.3, -0.25) is 9.59 Å². The smallest absolute Gasteiger partial charge is 0.408 e. The zero-order valence-corrected chi connectivity index (χ0v) is 26.6. The van der Waals surface area contributed by atoms with Crippen LogP contribution in [-0.2, 0) is 14.3 Å². The molecule has 0 spiro atoms. The fourth-order valence-electron chi connectivity index (χ4n) is 4.38. The van der Waals surface area contributed by atoms with E-state index in [1.54, 1.807) is 31.7 Å². The fraction of sp³-hybridized carbons (Fsp3) is 0.531. The van der Waals surface area contributed by atoms with Crippen LogP contribution in [0.15, 0.2) is 36.4 Å². The molecule has 2 rings (SSSR count). The van der Waals surface area contributed by atoms with E-state index in [2.05, 4.69) is 10.6 Å². The van der Waals surface area contributed by atoms with E-state index in [9.17, 15) is 14.4 Å². The monoisotopic (exact) mass is 571 g/mol. The van der Waals surface area contributed by atoms with Crippen LogP contribution in [0.3, 0.4) is 0 Å². The Labute approximate surface area is 245 Å². The van der Waals surface area contributed by atoms with Gasteiger partial charge in [-0.15, -0.1) is 0 Å². The van der Waals surface area contributed by atoms with Crippen LogP contribution in [0.1, 0.15) is 90.1 Å². The summed E-state index contributed by atoms with van der Waals surface area (Å²) < 4.78 is 5.47. The summed E-state index contributed by atoms with van der Waals surface area (Å²) in [5, 5.41) is 6.19. The van der Waals surface area contributed by atoms with Gasteiger partial charge in [0.1, 0.15) is 17.7 Å². The number of benzene rings is 2. The molecule has 8 heteroatoms. The van der Waals surface area contributed by atoms with Gasteiger partial charge in [0, 0.05) is 5.54 Å². The van der Waals surface area contributed by atoms with E-state index in [4.69, 9.17) is 16.3 Å². The minimum absolute atomic E-state index is 0.274. The Morgan fingerprint density at radius 2 is 1.57 bits per heavy atom. The second-order valence-electron chi connectivity index (χ2n) is 12.4. The van der Waals surface area contributed by atoms with E-state index in [0.717, 1.165) is 16.7 Å². The Morgan fingerprint density at radius 3 is 2.08 bits per heavy atom. The molecular weight excluding hydrogens is 526 g/mol. The number of aryl methyl sites for hydroxylation is 3. The van der Waals surface area contributed by atoms with Crippen LogP contribution in [0.4, 0.5) is 10.5 Å². The first kappa shape index (κ1) is 33.1. The van der Waals surface area contributed by atoms with Crippen molar-refractivity contribution in [3.05, 3.63) is 63.7 Å². The third-order valence-corrected chi connectivity index (χ3v) is 7.50. The van der Waals surface area contributed by atoms with Gasteiger partial charge in [0.15, 0.2) is 0 Å². The molecule has 3 amide bonds. The summed E-state index contributed by atoms with van der Waals surface area (Å²) >= 11 is 6.47. The van der Waals surface area contributed by atoms with Crippen LogP contribution in [0.5, 0.6) is 0 Å². The Balaban J connectivity index is 2.71. The Hall–Kier alpha value is -3.06. The first-order chi connectivity index (χ1) is 18.4. The van der Waals surface area contributed by atoms with Gasteiger partial charge in [0.2, 0.25) is 5.91 Å². The summed E-state index contributed by atoms with van der Waals surface area (Å²) in [5.41, 5.74) is 2.56. The molecule has 0 saturated heterocycles. The van der Waals surface area contributed by atoms with E-state index in [1.807, 2.05) is 85.7 Å². The van der Waals surface area contributed by atoms with Crippen LogP contribution < -0.4 is 10.6 Å². The first-order valence-electron chi connectivity index (χ1n) is 13.9. The molecule has 0 bridgehead atoms. The molecule has 40 heavy (non-hydrogen) atoms. The van der Waals surface area contributed by atoms with E-state index in [-0.39, 0.29) is 11.8 Å². The number of nitrogens with zero attached hydrogens (tertiary/aromatic N) is 1. The van der Waals surface area contributed by atoms with Crippen molar-refractivity contribution in [3.63, 3.8) is 0 Å². The van der Waals surface area contributed by atoms with Crippen LogP contribution in [0, 0.1) is 26.7 Å². The molecule has 0 heterocycles. The number of carbonyl (C=O) groups excluding carboxylic acids is 3. The Bertz CT molecular complexity index is 1210. The highest BCUT2D eigenvalue weighted by Crippen LogP contribution is 2.35. The third kappa shape index (κ3) is 8.23. The van der Waals surface area contributed by atoms with Gasteiger partial charge in [-0.25, -0.2) is 4.79 Å². The molecule has 7 nitrogen and oxygen atoms in total. The van der Waals surface area contributed by atoms with Crippen molar-refractivity contribution in [2.24, 2.45) is 5.92 Å². The van der Waals surface area contributed by atoms with Gasteiger partial charge >= 0.3 is 6.09 Å². The van der Waals surface area contributed by atoms with Gasteiger partial charge in [0.25, 0.3) is 5.91 Å². The predicted octanol–water partition coefficient (Wildman–Crippen LogP) is 7.51. The fourth-order valence-corrected chi connectivity index (χ4v) is 4.65. The quantitative estimate of drug-likeness (QED) is 0.326. The molecular formula is C32H46ClN3O4. The SMILES string of the molecule is CCC(C)(C)N(C(=O)C(NC(=O)OC(C)(C)C)C(C)C)C(C(=O)Nc1c(C)cccc1Cl)c1ccc(C)c(C)c1. The molecule has 2 N–H and O–H groups in total. The number of hydrogen-bond donors (Lipinski definition) is 2. The number of amides is 3. The topological polar surface area (TPSA) is 87.7 Å². The lowest BCUT2D eigenvalue weighted by Gasteiger charge is -2.45. The van der Waals surface area contributed by atoms with Crippen LogP contribution in [-0.4, -0.2) is 40.0 Å². The Morgan fingerprint density at radius 1 is 0.950 bits per heavy atom. The maximum absolute atomic E-state index is 14.5. The molecule has 220 valence electrons. The van der Waals surface area contributed by atoms with E-state index < -0.39 is 35.2 Å². The van der Waals surface area contributed by atoms with Crippen LogP contribution in [0.2, 0.25) is 5.02 Å². The highest BCUT2D eigenvalue weighted by molar-refractivity contribution is 6.34. The zero-order chi connectivity index (χ0) is 30.6. The number of ether oxygens (including phenoxy) is 1. The Kier molecular flexibility index (Phi) is 10.8. The lowest BCUT2D eigenvalue weighted by atomic mass is 9.89. The summed E-state index contributed by atoms with van der Waals surface area (Å²) in [5.74, 6) is -1.04. The van der Waals surface area contributed by atoms with E-state index in [1.165, 1.54) is 0 Å². The molecule has 0 saturated carbocycles. The minimum atomic E-state index is -1.00. The summed E-state index contributed by atoms with van der Waals surface area (Å²) in [4.78, 5) is 43.2. The highest BCUT2D eigenvalue weighted by atomic mass is 35.5. The molecule has 2 aromatic carbocycles. The largest absolute Gasteiger partial charge is 0.444 e. The molecule has 2 aromatic rings. The second-order valence-corrected chi connectivity index (χ2v) is 12.8. The number of halogens is 1. The van der Waals surface area contributed by atoms with Crippen LogP contribution in [0.25, 0.3) is 0 Å². The summed E-state index contributed by atoms with van der Waals surface area (Å²) in [6, 6.07) is 9.24. The second kappa shape index (κ2) is 13.1. The number of para-hydroxylation sites is 1. The van der Waals surface area contributed by atoms with Crippen molar-refractivity contribution in [1.29, 1.82) is 0 Å². The number of rotatable bonds is 9. The van der Waals surface area contributed by atoms with Crippen molar-refractivity contribution in [2.45, 2.75) is 106 Å². The van der Waals surface area contributed by atoms with Gasteiger partial charge in [-0.1, -0.05) is 62.7 Å². The van der Waals surface area contributed by atoms with E-state index in [0.29, 0.717) is 22.7 Å². The van der Waals surface area contributed by atoms with Gasteiger partial charge in [-0.05, 0) is 96.0 Å². The zero-order valence-electron chi connectivity index (χ0n) is 25.9. The average Bonchev–Trinajstić information content (AvgIpc) is 2.83. The number of carbonyl (C=O) groups is 3. The van der Waals surface area contributed by atoms with Gasteiger partial charge < -0.3 is 20.3 Å². The van der Waals surface area contributed by atoms with Gasteiger partial charge in [-0.2, -0.15) is 0 Å². The number of alkyl carbamates (subject to hydrolysis) is 1. The molecule has 2 atom stereocenters. The predicted molar refractivity (Wildman–Crippen MR) is 163 cm³/mol. The molecule has 0 aliphatic heterocycles. The van der Waals surface area contributed by atoms with Crippen molar-refractivity contribution in [1.82, 2.24) is 10.2 Å². The average molecular weight is 572 g/mol. The highest BCUT2D eigenvalue weighted by Gasteiger charge is 2.44. The lowest BCUT2D eigenvalue weighted by molar-refractivity contribution is -0.148. The number of hydrogen-bond acceptors (Lipinski definition) is 4. The maximum Gasteiger partial charge on any atom is 0.408 e. The normalized spacial score (nSPS) is 13.4. The van der Waals surface area contributed by atoms with Crippen molar-refractivity contribution < 1.29 is 19.1 Å². The molecule has 0 radical (unpaired) electrons. The van der Waals surface area contributed by atoms with Crippen molar-refractivity contribution in [3.8, 4) is 0 Å². The maximum atomic E-state index is 14.5. The standard InChI is InChI=1S/C32H46ClN3O4/c1-12-32(10,11)36(29(38)25(19(2)3)35-30(39)40-31(7,8)9)27(23-17-16-20(4)22(6)18-23)28(37)34-26-21(5)14-13-15-24(26)33/h13-19,25,27H,12H2,1-11H3,(H,34,37)(H,35,39). The van der Waals surface area contributed by atoms with Crippen molar-refractivity contribution >= 4 is 35.2 Å². The summed E-state index contributed by atoms with van der Waals surface area (Å²) in [7, 11) is 0. The molecule has 2 unspecified atom stereocenters. The number of anilines is 1. The summed E-state index contributed by atoms with van der Waals surface area (Å²) in [6.07, 6.45) is -0.122. The van der Waals surface area contributed by atoms with Crippen LogP contribution >= 0.6 is 11.6 Å². The minimum Gasteiger partial charge on any atom is -0.444 e. The third-order valence-electron chi connectivity index (χ3n) is 7.18. The lowest BCUT2D eigenvalue weighted by Crippen LogP contribution is -2.60. The van der Waals surface area contributed by atoms with Crippen molar-refractivity contribution in [2.75, 3.05) is 5.32 Å². The molecule has 0 aromatic heterocycles. The summed E-state index contributed by atoms with van der Waals surface area (Å²) in [6.45, 7) is 20.7. The molecule has 0 aliphatic rings. The van der Waals surface area contributed by atoms with Gasteiger partial charge in [0.05, 0.1) is 10.7 Å². The molecule has 0 fully saturated rings. The number of nitrogens with one attached hydrogen (secondary N) is 2. The van der Waals surface area contributed by atoms with E-state index >= 15 is 0 Å².